The van der Waals surface area contributed by atoms with E-state index in [1.807, 2.05) is 30.3 Å². The topological polar surface area (TPSA) is 84.7 Å². The summed E-state index contributed by atoms with van der Waals surface area (Å²) >= 11 is 12.6. The number of hydrogen-bond acceptors (Lipinski definition) is 4. The molecule has 1 aliphatic heterocycles. The molecule has 0 aliphatic carbocycles. The minimum Gasteiger partial charge on any atom is -0.329 e. The fourth-order valence-electron chi connectivity index (χ4n) is 4.18. The second-order valence-corrected chi connectivity index (χ2v) is 8.55. The number of carbonyl (C=O) groups excluding carboxylic acids is 2. The van der Waals surface area contributed by atoms with Crippen molar-refractivity contribution in [1.82, 2.24) is 10.4 Å². The van der Waals surface area contributed by atoms with E-state index in [2.05, 4.69) is 5.48 Å². The van der Waals surface area contributed by atoms with Gasteiger partial charge in [0.05, 0.1) is 18.6 Å². The predicted molar refractivity (Wildman–Crippen MR) is 128 cm³/mol. The zero-order valence-electron chi connectivity index (χ0n) is 17.7. The minimum atomic E-state index is -0.764. The van der Waals surface area contributed by atoms with Gasteiger partial charge >= 0.3 is 0 Å². The highest BCUT2D eigenvalue weighted by Crippen LogP contribution is 2.45. The number of amides is 2. The van der Waals surface area contributed by atoms with Gasteiger partial charge in [-0.3, -0.25) is 14.4 Å². The van der Waals surface area contributed by atoms with Crippen LogP contribution in [0.15, 0.2) is 72.8 Å². The number of hydroxylamine groups is 1. The summed E-state index contributed by atoms with van der Waals surface area (Å²) in [4.78, 5) is 34.0. The smallest absolute Gasteiger partial charge is 0.254 e. The Morgan fingerprint density at radius 2 is 1.73 bits per heavy atom. The van der Waals surface area contributed by atoms with E-state index in [0.29, 0.717) is 26.7 Å². The molecular formula is C25H23Cl2N3O3. The van der Waals surface area contributed by atoms with Crippen LogP contribution in [0.2, 0.25) is 10.0 Å². The first kappa shape index (κ1) is 23.3. The van der Waals surface area contributed by atoms with Crippen LogP contribution in [0.25, 0.3) is 0 Å². The molecule has 6 nitrogen and oxygen atoms in total. The molecule has 8 heteroatoms. The molecule has 0 aromatic heterocycles. The maximum atomic E-state index is 13.5. The lowest BCUT2D eigenvalue weighted by atomic mass is 9.79. The largest absolute Gasteiger partial charge is 0.329 e. The molecule has 4 rings (SSSR count). The van der Waals surface area contributed by atoms with Crippen molar-refractivity contribution in [3.8, 4) is 0 Å². The van der Waals surface area contributed by atoms with Gasteiger partial charge in [0, 0.05) is 28.7 Å². The highest BCUT2D eigenvalue weighted by atomic mass is 35.5. The highest BCUT2D eigenvalue weighted by Gasteiger charge is 2.44. The second-order valence-electron chi connectivity index (χ2n) is 7.70. The van der Waals surface area contributed by atoms with Crippen LogP contribution in [0.4, 0.5) is 0 Å². The number of hydrogen-bond donors (Lipinski definition) is 2. The van der Waals surface area contributed by atoms with E-state index in [0.717, 1.165) is 5.56 Å². The molecule has 0 spiro atoms. The lowest BCUT2D eigenvalue weighted by Gasteiger charge is -2.41. The van der Waals surface area contributed by atoms with Crippen molar-refractivity contribution in [1.29, 1.82) is 0 Å². The van der Waals surface area contributed by atoms with Crippen molar-refractivity contribution in [3.05, 3.63) is 105 Å². The summed E-state index contributed by atoms with van der Waals surface area (Å²) in [5, 5.41) is 0.827. The molecule has 0 bridgehead atoms. The number of halogens is 2. The Morgan fingerprint density at radius 3 is 2.45 bits per heavy atom. The molecule has 0 radical (unpaired) electrons. The first-order chi connectivity index (χ1) is 16.0. The predicted octanol–water partition coefficient (Wildman–Crippen LogP) is 4.48. The second kappa shape index (κ2) is 10.4. The molecule has 170 valence electrons. The zero-order valence-corrected chi connectivity index (χ0v) is 19.2. The Morgan fingerprint density at radius 1 is 1.00 bits per heavy atom. The lowest BCUT2D eigenvalue weighted by molar-refractivity contribution is -0.138. The van der Waals surface area contributed by atoms with Gasteiger partial charge in [-0.2, -0.15) is 0 Å². The third kappa shape index (κ3) is 4.89. The molecular weight excluding hydrogens is 461 g/mol. The van der Waals surface area contributed by atoms with Crippen LogP contribution in [0.3, 0.4) is 0 Å². The van der Waals surface area contributed by atoms with Crippen LogP contribution >= 0.6 is 23.2 Å². The maximum Gasteiger partial charge on any atom is 0.254 e. The van der Waals surface area contributed by atoms with E-state index in [1.54, 1.807) is 47.4 Å². The summed E-state index contributed by atoms with van der Waals surface area (Å²) < 4.78 is 0. The summed E-state index contributed by atoms with van der Waals surface area (Å²) in [5.74, 6) is -1.36. The summed E-state index contributed by atoms with van der Waals surface area (Å²) in [6.45, 7) is 0.693. The molecule has 2 amide bonds. The van der Waals surface area contributed by atoms with Gasteiger partial charge in [0.25, 0.3) is 11.8 Å². The number of nitrogens with zero attached hydrogens (tertiary/aromatic N) is 1. The van der Waals surface area contributed by atoms with Gasteiger partial charge in [0.1, 0.15) is 0 Å². The third-order valence-electron chi connectivity index (χ3n) is 5.63. The zero-order chi connectivity index (χ0) is 23.4. The summed E-state index contributed by atoms with van der Waals surface area (Å²) in [5.41, 5.74) is 11.0. The van der Waals surface area contributed by atoms with Gasteiger partial charge in [-0.25, -0.2) is 5.48 Å². The number of nitrogens with one attached hydrogen (secondary N) is 1. The molecule has 0 unspecified atom stereocenters. The van der Waals surface area contributed by atoms with Crippen LogP contribution in [-0.2, 0) is 16.2 Å². The fraction of sp³-hybridized carbons (Fsp3) is 0.200. The Balaban J connectivity index is 1.72. The van der Waals surface area contributed by atoms with Crippen LogP contribution in [-0.4, -0.2) is 29.8 Å². The molecule has 0 saturated heterocycles. The van der Waals surface area contributed by atoms with Gasteiger partial charge in [0.15, 0.2) is 0 Å². The van der Waals surface area contributed by atoms with Crippen molar-refractivity contribution >= 4 is 35.0 Å². The summed E-state index contributed by atoms with van der Waals surface area (Å²) in [6.07, 6.45) is 0. The van der Waals surface area contributed by atoms with Crippen LogP contribution < -0.4 is 11.2 Å². The quantitative estimate of drug-likeness (QED) is 0.485. The number of nitrogens with two attached hydrogens (primary N) is 1. The van der Waals surface area contributed by atoms with Crippen LogP contribution in [0, 0.1) is 0 Å². The average molecular weight is 484 g/mol. The normalized spacial score (nSPS) is 17.5. The summed E-state index contributed by atoms with van der Waals surface area (Å²) in [6, 6.07) is 20.9. The Labute approximate surface area is 202 Å². The molecule has 3 N–H and O–H groups in total. The molecule has 33 heavy (non-hydrogen) atoms. The molecule has 1 heterocycles. The summed E-state index contributed by atoms with van der Waals surface area (Å²) in [7, 11) is 0. The van der Waals surface area contributed by atoms with Crippen molar-refractivity contribution in [2.24, 2.45) is 5.73 Å². The first-order valence-electron chi connectivity index (χ1n) is 10.5. The van der Waals surface area contributed by atoms with Crippen molar-refractivity contribution in [2.75, 3.05) is 13.1 Å². The monoisotopic (exact) mass is 483 g/mol. The first-order valence-corrected chi connectivity index (χ1v) is 11.3. The lowest BCUT2D eigenvalue weighted by Crippen LogP contribution is -2.49. The molecule has 1 aliphatic rings. The van der Waals surface area contributed by atoms with Crippen molar-refractivity contribution in [2.45, 2.75) is 18.6 Å². The number of fused-ring (bicyclic) bond motifs is 1. The molecule has 0 fully saturated rings. The van der Waals surface area contributed by atoms with E-state index in [-0.39, 0.29) is 31.5 Å². The van der Waals surface area contributed by atoms with Gasteiger partial charge in [-0.05, 0) is 34.9 Å². The third-order valence-corrected chi connectivity index (χ3v) is 6.19. The van der Waals surface area contributed by atoms with Gasteiger partial charge in [-0.1, -0.05) is 77.8 Å². The molecule has 3 aromatic carbocycles. The van der Waals surface area contributed by atoms with Crippen LogP contribution in [0.1, 0.15) is 39.0 Å². The standard InChI is InChI=1S/C25H23Cl2N3O3/c26-17-10-11-20(21(27)14-17)23-22(24(31)29-33-15-16-6-2-1-3-7-16)18-8-4-5-9-19(18)25(32)30(23)13-12-28/h1-11,14,22-23H,12-13,15,28H2,(H,29,31)/t22-,23+/m1/s1. The number of rotatable bonds is 7. The Kier molecular flexibility index (Phi) is 7.30. The molecule has 2 atom stereocenters. The van der Waals surface area contributed by atoms with Gasteiger partial charge in [0.2, 0.25) is 0 Å². The van der Waals surface area contributed by atoms with Crippen LogP contribution in [0.5, 0.6) is 0 Å². The number of carbonyl (C=O) groups is 2. The highest BCUT2D eigenvalue weighted by molar-refractivity contribution is 6.35. The van der Waals surface area contributed by atoms with E-state index >= 15 is 0 Å². The van der Waals surface area contributed by atoms with E-state index in [1.165, 1.54) is 0 Å². The Bertz CT molecular complexity index is 1160. The fourth-order valence-corrected chi connectivity index (χ4v) is 4.70. The SMILES string of the molecule is NCCN1C(=O)c2ccccc2[C@@H](C(=O)NOCc2ccccc2)[C@@H]1c1ccc(Cl)cc1Cl. The van der Waals surface area contributed by atoms with Crippen molar-refractivity contribution in [3.63, 3.8) is 0 Å². The van der Waals surface area contributed by atoms with E-state index < -0.39 is 12.0 Å². The average Bonchev–Trinajstić information content (AvgIpc) is 2.82. The molecule has 3 aromatic rings. The minimum absolute atomic E-state index is 0.207. The van der Waals surface area contributed by atoms with E-state index in [4.69, 9.17) is 33.8 Å². The van der Waals surface area contributed by atoms with Gasteiger partial charge in [-0.15, -0.1) is 0 Å². The van der Waals surface area contributed by atoms with Gasteiger partial charge < -0.3 is 10.6 Å². The Hall–Kier alpha value is -2.90. The van der Waals surface area contributed by atoms with E-state index in [9.17, 15) is 9.59 Å². The maximum absolute atomic E-state index is 13.5. The molecule has 0 saturated carbocycles. The van der Waals surface area contributed by atoms with Crippen molar-refractivity contribution < 1.29 is 14.4 Å². The number of benzene rings is 3.